The van der Waals surface area contributed by atoms with Crippen LogP contribution >= 0.6 is 11.3 Å². The molecule has 1 atom stereocenters. The molecular formula is C11H13N3OS. The summed E-state index contributed by atoms with van der Waals surface area (Å²) in [5.41, 5.74) is 0.915. The summed E-state index contributed by atoms with van der Waals surface area (Å²) >= 11 is 1.58. The van der Waals surface area contributed by atoms with Crippen molar-refractivity contribution in [2.45, 2.75) is 31.4 Å². The van der Waals surface area contributed by atoms with Crippen molar-refractivity contribution in [3.05, 3.63) is 34.8 Å². The van der Waals surface area contributed by atoms with E-state index in [1.807, 2.05) is 11.7 Å². The van der Waals surface area contributed by atoms with Gasteiger partial charge >= 0.3 is 0 Å². The first-order chi connectivity index (χ1) is 7.84. The lowest BCUT2D eigenvalue weighted by Crippen LogP contribution is -2.08. The van der Waals surface area contributed by atoms with Crippen LogP contribution in [0.1, 0.15) is 35.7 Å². The van der Waals surface area contributed by atoms with Crippen LogP contribution in [-0.4, -0.2) is 19.6 Å². The van der Waals surface area contributed by atoms with Gasteiger partial charge in [0.05, 0.1) is 23.2 Å². The monoisotopic (exact) mass is 235 g/mol. The smallest absolute Gasteiger partial charge is 0.102 e. The maximum absolute atomic E-state index is 10.1. The molecule has 2 aromatic heterocycles. The Balaban J connectivity index is 1.78. The summed E-state index contributed by atoms with van der Waals surface area (Å²) in [7, 11) is 0. The molecule has 5 heteroatoms. The van der Waals surface area contributed by atoms with Gasteiger partial charge in [0, 0.05) is 24.0 Å². The van der Waals surface area contributed by atoms with Gasteiger partial charge < -0.3 is 9.67 Å². The summed E-state index contributed by atoms with van der Waals surface area (Å²) in [4.78, 5) is 8.30. The number of hydrogen-bond acceptors (Lipinski definition) is 4. The Kier molecular flexibility index (Phi) is 2.49. The third kappa shape index (κ3) is 1.88. The van der Waals surface area contributed by atoms with Crippen molar-refractivity contribution in [3.63, 3.8) is 0 Å². The number of imidazole rings is 1. The zero-order chi connectivity index (χ0) is 11.0. The number of nitrogens with zero attached hydrogens (tertiary/aromatic N) is 3. The fourth-order valence-corrected chi connectivity index (χ4v) is 2.51. The first-order valence-corrected chi connectivity index (χ1v) is 6.30. The van der Waals surface area contributed by atoms with E-state index in [0.717, 1.165) is 10.7 Å². The summed E-state index contributed by atoms with van der Waals surface area (Å²) in [6, 6.07) is 0.559. The maximum atomic E-state index is 10.1. The summed E-state index contributed by atoms with van der Waals surface area (Å²) in [5, 5.41) is 13.0. The van der Waals surface area contributed by atoms with Crippen LogP contribution in [0.25, 0.3) is 0 Å². The lowest BCUT2D eigenvalue weighted by atomic mass is 10.2. The second-order valence-corrected chi connectivity index (χ2v) is 5.08. The van der Waals surface area contributed by atoms with Crippen LogP contribution < -0.4 is 0 Å². The van der Waals surface area contributed by atoms with Crippen molar-refractivity contribution in [1.82, 2.24) is 14.5 Å². The first kappa shape index (κ1) is 9.99. The van der Waals surface area contributed by atoms with Gasteiger partial charge in [0.25, 0.3) is 0 Å². The van der Waals surface area contributed by atoms with Gasteiger partial charge in [0.2, 0.25) is 0 Å². The molecule has 2 aromatic rings. The number of aromatic nitrogens is 3. The molecule has 1 N–H and O–H groups in total. The van der Waals surface area contributed by atoms with E-state index in [1.165, 1.54) is 12.8 Å². The molecule has 0 saturated heterocycles. The Bertz CT molecular complexity index is 461. The molecule has 84 valence electrons. The minimum atomic E-state index is -0.491. The van der Waals surface area contributed by atoms with Gasteiger partial charge in [-0.3, -0.25) is 0 Å². The van der Waals surface area contributed by atoms with Crippen molar-refractivity contribution < 1.29 is 5.11 Å². The van der Waals surface area contributed by atoms with Crippen molar-refractivity contribution in [1.29, 1.82) is 0 Å². The summed E-state index contributed by atoms with van der Waals surface area (Å²) in [6.07, 6.45) is 7.84. The molecule has 2 heterocycles. The van der Waals surface area contributed by atoms with Crippen LogP contribution in [0.5, 0.6) is 0 Å². The fourth-order valence-electron chi connectivity index (χ4n) is 1.85. The topological polar surface area (TPSA) is 50.9 Å². The Morgan fingerprint density at radius 3 is 3.12 bits per heavy atom. The number of thiazole rings is 1. The Labute approximate surface area is 97.6 Å². The molecule has 1 aliphatic carbocycles. The van der Waals surface area contributed by atoms with Crippen LogP contribution in [0.3, 0.4) is 0 Å². The molecule has 0 aromatic carbocycles. The molecule has 0 amide bonds. The molecule has 1 unspecified atom stereocenters. The van der Waals surface area contributed by atoms with E-state index in [9.17, 15) is 5.11 Å². The number of aliphatic hydroxyl groups is 1. The van der Waals surface area contributed by atoms with E-state index in [2.05, 4.69) is 14.5 Å². The molecule has 1 saturated carbocycles. The van der Waals surface area contributed by atoms with E-state index in [1.54, 1.807) is 23.7 Å². The molecule has 0 aliphatic heterocycles. The van der Waals surface area contributed by atoms with Gasteiger partial charge in [-0.15, -0.1) is 11.3 Å². The highest BCUT2D eigenvalue weighted by Crippen LogP contribution is 2.37. The number of rotatable bonds is 4. The van der Waals surface area contributed by atoms with Crippen molar-refractivity contribution in [2.24, 2.45) is 0 Å². The van der Waals surface area contributed by atoms with Gasteiger partial charge in [0.1, 0.15) is 6.10 Å². The second kappa shape index (κ2) is 3.99. The maximum Gasteiger partial charge on any atom is 0.102 e. The van der Waals surface area contributed by atoms with E-state index in [0.29, 0.717) is 12.5 Å². The molecule has 0 bridgehead atoms. The summed E-state index contributed by atoms with van der Waals surface area (Å²) in [5.74, 6) is 0. The molecule has 0 radical (unpaired) electrons. The third-order valence-corrected chi connectivity index (χ3v) is 3.63. The third-order valence-electron chi connectivity index (χ3n) is 2.83. The van der Waals surface area contributed by atoms with Crippen LogP contribution in [0, 0.1) is 0 Å². The van der Waals surface area contributed by atoms with Gasteiger partial charge in [-0.2, -0.15) is 0 Å². The minimum absolute atomic E-state index is 0.491. The SMILES string of the molecule is OC(Cc1nccs1)c1cncn1C1CC1. The standard InChI is InChI=1S/C11H13N3OS/c15-10(5-11-13-3-4-16-11)9-6-12-7-14(9)8-1-2-8/h3-4,6-8,10,15H,1-2,5H2. The molecule has 1 fully saturated rings. The molecule has 0 spiro atoms. The highest BCUT2D eigenvalue weighted by atomic mass is 32.1. The minimum Gasteiger partial charge on any atom is -0.386 e. The zero-order valence-corrected chi connectivity index (χ0v) is 9.60. The van der Waals surface area contributed by atoms with Gasteiger partial charge in [-0.25, -0.2) is 9.97 Å². The predicted molar refractivity (Wildman–Crippen MR) is 61.3 cm³/mol. The first-order valence-electron chi connectivity index (χ1n) is 5.43. The number of aliphatic hydroxyl groups excluding tert-OH is 1. The zero-order valence-electron chi connectivity index (χ0n) is 8.78. The molecule has 1 aliphatic rings. The lowest BCUT2D eigenvalue weighted by Gasteiger charge is -2.11. The van der Waals surface area contributed by atoms with E-state index >= 15 is 0 Å². The van der Waals surface area contributed by atoms with Crippen LogP contribution in [-0.2, 0) is 6.42 Å². The quantitative estimate of drug-likeness (QED) is 0.881. The Morgan fingerprint density at radius 2 is 2.44 bits per heavy atom. The van der Waals surface area contributed by atoms with Crippen molar-refractivity contribution >= 4 is 11.3 Å². The normalized spacial score (nSPS) is 17.6. The molecule has 4 nitrogen and oxygen atoms in total. The lowest BCUT2D eigenvalue weighted by molar-refractivity contribution is 0.168. The summed E-state index contributed by atoms with van der Waals surface area (Å²) in [6.45, 7) is 0. The van der Waals surface area contributed by atoms with Crippen LogP contribution in [0.4, 0.5) is 0 Å². The van der Waals surface area contributed by atoms with Gasteiger partial charge in [0.15, 0.2) is 0 Å². The average molecular weight is 235 g/mol. The second-order valence-electron chi connectivity index (χ2n) is 4.10. The fraction of sp³-hybridized carbons (Fsp3) is 0.455. The average Bonchev–Trinajstić information content (AvgIpc) is 2.82. The van der Waals surface area contributed by atoms with Crippen LogP contribution in [0.2, 0.25) is 0 Å². The van der Waals surface area contributed by atoms with Crippen molar-refractivity contribution in [3.8, 4) is 0 Å². The van der Waals surface area contributed by atoms with E-state index in [-0.39, 0.29) is 0 Å². The highest BCUT2D eigenvalue weighted by Gasteiger charge is 2.27. The molecular weight excluding hydrogens is 222 g/mol. The Morgan fingerprint density at radius 1 is 1.56 bits per heavy atom. The van der Waals surface area contributed by atoms with Crippen molar-refractivity contribution in [2.75, 3.05) is 0 Å². The highest BCUT2D eigenvalue weighted by molar-refractivity contribution is 7.09. The number of hydrogen-bond donors (Lipinski definition) is 1. The molecule has 16 heavy (non-hydrogen) atoms. The summed E-state index contributed by atoms with van der Waals surface area (Å²) < 4.78 is 2.10. The van der Waals surface area contributed by atoms with E-state index in [4.69, 9.17) is 0 Å². The van der Waals surface area contributed by atoms with E-state index < -0.39 is 6.10 Å². The Hall–Kier alpha value is -1.20. The van der Waals surface area contributed by atoms with Gasteiger partial charge in [-0.1, -0.05) is 0 Å². The van der Waals surface area contributed by atoms with Gasteiger partial charge in [-0.05, 0) is 12.8 Å². The van der Waals surface area contributed by atoms with Crippen LogP contribution in [0.15, 0.2) is 24.1 Å². The molecule has 3 rings (SSSR count). The predicted octanol–water partition coefficient (Wildman–Crippen LogP) is 1.95. The largest absolute Gasteiger partial charge is 0.386 e.